The Labute approximate surface area is 204 Å². The van der Waals surface area contributed by atoms with Gasteiger partial charge in [-0.15, -0.1) is 0 Å². The summed E-state index contributed by atoms with van der Waals surface area (Å²) in [5.41, 5.74) is 3.75. The lowest BCUT2D eigenvalue weighted by Gasteiger charge is -2.47. The average molecular weight is 478 g/mol. The third-order valence-electron chi connectivity index (χ3n) is 6.99. The van der Waals surface area contributed by atoms with Crippen LogP contribution in [-0.2, 0) is 20.7 Å². The van der Waals surface area contributed by atoms with Gasteiger partial charge in [0.15, 0.2) is 11.5 Å². The molecule has 184 valence electrons. The molecule has 1 N–H and O–H groups in total. The van der Waals surface area contributed by atoms with Crippen molar-refractivity contribution in [2.24, 2.45) is 0 Å². The number of nitrogens with zero attached hydrogens (tertiary/aromatic N) is 2. The van der Waals surface area contributed by atoms with E-state index >= 15 is 0 Å². The predicted molar refractivity (Wildman–Crippen MR) is 132 cm³/mol. The number of amides is 2. The van der Waals surface area contributed by atoms with E-state index in [9.17, 15) is 9.59 Å². The number of benzene rings is 2. The Hall–Kier alpha value is -3.52. The minimum absolute atomic E-state index is 0.0242. The molecule has 2 atom stereocenters. The van der Waals surface area contributed by atoms with Crippen molar-refractivity contribution >= 4 is 22.7 Å². The lowest BCUT2D eigenvalue weighted by Crippen LogP contribution is -2.63. The second-order valence-electron chi connectivity index (χ2n) is 8.88. The first-order chi connectivity index (χ1) is 17.1. The largest absolute Gasteiger partial charge is 0.493 e. The third kappa shape index (κ3) is 3.91. The number of nitrogens with one attached hydrogen (secondary N) is 1. The molecule has 1 fully saturated rings. The summed E-state index contributed by atoms with van der Waals surface area (Å²) in [5.74, 6) is 1.04. The second kappa shape index (κ2) is 9.62. The summed E-state index contributed by atoms with van der Waals surface area (Å²) in [5, 5.41) is 1.07. The van der Waals surface area contributed by atoms with Gasteiger partial charge in [-0.05, 0) is 31.0 Å². The van der Waals surface area contributed by atoms with Gasteiger partial charge in [-0.3, -0.25) is 9.59 Å². The van der Waals surface area contributed by atoms with Gasteiger partial charge in [0.1, 0.15) is 12.1 Å². The molecule has 8 heteroatoms. The van der Waals surface area contributed by atoms with E-state index in [2.05, 4.69) is 11.1 Å². The molecular weight excluding hydrogens is 446 g/mol. The van der Waals surface area contributed by atoms with E-state index in [0.717, 1.165) is 27.7 Å². The van der Waals surface area contributed by atoms with Crippen LogP contribution >= 0.6 is 0 Å². The van der Waals surface area contributed by atoms with Crippen LogP contribution in [0.25, 0.3) is 10.9 Å². The molecule has 1 unspecified atom stereocenters. The molecule has 2 aliphatic rings. The number of carbonyl (C=O) groups excluding carboxylic acids is 2. The summed E-state index contributed by atoms with van der Waals surface area (Å²) in [6.07, 6.45) is 1.17. The molecule has 3 aromatic rings. The molecule has 1 saturated heterocycles. The predicted octanol–water partition coefficient (Wildman–Crippen LogP) is 3.30. The van der Waals surface area contributed by atoms with Gasteiger partial charge in [-0.1, -0.05) is 30.3 Å². The first kappa shape index (κ1) is 23.2. The number of carbonyl (C=O) groups is 2. The number of rotatable bonds is 8. The maximum absolute atomic E-state index is 13.7. The van der Waals surface area contributed by atoms with Crippen molar-refractivity contribution < 1.29 is 23.8 Å². The summed E-state index contributed by atoms with van der Waals surface area (Å²) in [7, 11) is 3.19. The molecule has 0 aliphatic carbocycles. The van der Waals surface area contributed by atoms with Crippen LogP contribution in [0.2, 0.25) is 0 Å². The van der Waals surface area contributed by atoms with Gasteiger partial charge in [-0.2, -0.15) is 0 Å². The number of methoxy groups -OCH3 is 2. The first-order valence-electron chi connectivity index (χ1n) is 12.1. The van der Waals surface area contributed by atoms with E-state index in [0.29, 0.717) is 44.1 Å². The molecular formula is C27H31N3O5. The number of aromatic nitrogens is 1. The molecule has 2 aromatic carbocycles. The molecule has 1 aromatic heterocycles. The quantitative estimate of drug-likeness (QED) is 0.504. The fourth-order valence-electron chi connectivity index (χ4n) is 5.47. The highest BCUT2D eigenvalue weighted by molar-refractivity contribution is 5.97. The van der Waals surface area contributed by atoms with Crippen LogP contribution in [0.3, 0.4) is 0 Å². The van der Waals surface area contributed by atoms with Crippen LogP contribution in [0.1, 0.15) is 36.2 Å². The fourth-order valence-corrected chi connectivity index (χ4v) is 5.47. The minimum atomic E-state index is -0.587. The van der Waals surface area contributed by atoms with Crippen molar-refractivity contribution in [2.45, 2.75) is 31.8 Å². The zero-order chi connectivity index (χ0) is 24.5. The van der Waals surface area contributed by atoms with Crippen LogP contribution < -0.4 is 9.47 Å². The van der Waals surface area contributed by atoms with Crippen molar-refractivity contribution in [3.05, 3.63) is 59.3 Å². The van der Waals surface area contributed by atoms with E-state index in [4.69, 9.17) is 14.2 Å². The van der Waals surface area contributed by atoms with Crippen LogP contribution in [-0.4, -0.2) is 73.2 Å². The Morgan fingerprint density at radius 2 is 1.89 bits per heavy atom. The highest BCUT2D eigenvalue weighted by Crippen LogP contribution is 2.46. The Balaban J connectivity index is 1.62. The molecule has 0 saturated carbocycles. The number of hydrogen-bond acceptors (Lipinski definition) is 5. The summed E-state index contributed by atoms with van der Waals surface area (Å²) < 4.78 is 16.8. The SMILES string of the molecule is CCOCCCN1CC(=O)N2C(c3cccc(OC)c3OC)c3[nH]c4ccccc4c3C[C@H]2C1=O. The van der Waals surface area contributed by atoms with Crippen molar-refractivity contribution in [1.29, 1.82) is 0 Å². The smallest absolute Gasteiger partial charge is 0.246 e. The van der Waals surface area contributed by atoms with Crippen LogP contribution in [0.5, 0.6) is 11.5 Å². The summed E-state index contributed by atoms with van der Waals surface area (Å²) in [6.45, 7) is 3.71. The van der Waals surface area contributed by atoms with E-state index in [1.54, 1.807) is 24.0 Å². The average Bonchev–Trinajstić information content (AvgIpc) is 3.26. The van der Waals surface area contributed by atoms with Crippen molar-refractivity contribution in [3.8, 4) is 11.5 Å². The Bertz CT molecular complexity index is 1250. The van der Waals surface area contributed by atoms with Gasteiger partial charge in [0.25, 0.3) is 0 Å². The van der Waals surface area contributed by atoms with Gasteiger partial charge in [0, 0.05) is 48.3 Å². The molecule has 2 aliphatic heterocycles. The van der Waals surface area contributed by atoms with Gasteiger partial charge in [0.2, 0.25) is 11.8 Å². The molecule has 0 spiro atoms. The lowest BCUT2D eigenvalue weighted by molar-refractivity contribution is -0.158. The van der Waals surface area contributed by atoms with Gasteiger partial charge >= 0.3 is 0 Å². The molecule has 5 rings (SSSR count). The van der Waals surface area contributed by atoms with Gasteiger partial charge in [0.05, 0.1) is 20.8 Å². The second-order valence-corrected chi connectivity index (χ2v) is 8.88. The van der Waals surface area contributed by atoms with Crippen LogP contribution in [0.15, 0.2) is 42.5 Å². The third-order valence-corrected chi connectivity index (χ3v) is 6.99. The Morgan fingerprint density at radius 1 is 1.06 bits per heavy atom. The van der Waals surface area contributed by atoms with Crippen LogP contribution in [0.4, 0.5) is 0 Å². The van der Waals surface area contributed by atoms with Crippen molar-refractivity contribution in [2.75, 3.05) is 40.5 Å². The highest BCUT2D eigenvalue weighted by Gasteiger charge is 2.48. The normalized spacial score (nSPS) is 19.6. The standard InChI is InChI=1S/C27H31N3O5/c1-4-35-14-8-13-29-16-23(31)30-21(27(29)32)15-19-17-9-5-6-11-20(17)28-24(19)25(30)18-10-7-12-22(33-2)26(18)34-3/h5-7,9-12,21,25,28H,4,8,13-16H2,1-3H3/t21-,25?/m0/s1. The summed E-state index contributed by atoms with van der Waals surface area (Å²) in [6, 6.07) is 12.6. The van der Waals surface area contributed by atoms with Crippen LogP contribution in [0, 0.1) is 0 Å². The minimum Gasteiger partial charge on any atom is -0.493 e. The zero-order valence-electron chi connectivity index (χ0n) is 20.4. The number of piperazine rings is 1. The number of para-hydroxylation sites is 2. The molecule has 0 bridgehead atoms. The lowest BCUT2D eigenvalue weighted by atomic mass is 9.85. The summed E-state index contributed by atoms with van der Waals surface area (Å²) >= 11 is 0. The monoisotopic (exact) mass is 477 g/mol. The number of hydrogen-bond donors (Lipinski definition) is 1. The molecule has 0 radical (unpaired) electrons. The zero-order valence-corrected chi connectivity index (χ0v) is 20.4. The topological polar surface area (TPSA) is 84.1 Å². The maximum Gasteiger partial charge on any atom is 0.246 e. The van der Waals surface area contributed by atoms with E-state index in [-0.39, 0.29) is 18.4 Å². The Morgan fingerprint density at radius 3 is 2.66 bits per heavy atom. The number of aromatic amines is 1. The van der Waals surface area contributed by atoms with Gasteiger partial charge in [-0.25, -0.2) is 0 Å². The summed E-state index contributed by atoms with van der Waals surface area (Å²) in [4.78, 5) is 34.3. The number of H-pyrrole nitrogens is 1. The molecule has 35 heavy (non-hydrogen) atoms. The molecule has 8 nitrogen and oxygen atoms in total. The Kier molecular flexibility index (Phi) is 6.38. The van der Waals surface area contributed by atoms with E-state index < -0.39 is 12.1 Å². The highest BCUT2D eigenvalue weighted by atomic mass is 16.5. The molecule has 3 heterocycles. The van der Waals surface area contributed by atoms with Crippen molar-refractivity contribution in [1.82, 2.24) is 14.8 Å². The number of fused-ring (bicyclic) bond motifs is 4. The van der Waals surface area contributed by atoms with E-state index in [1.807, 2.05) is 43.3 Å². The first-order valence-corrected chi connectivity index (χ1v) is 12.1. The number of ether oxygens (including phenoxy) is 3. The maximum atomic E-state index is 13.7. The fraction of sp³-hybridized carbons (Fsp3) is 0.407. The van der Waals surface area contributed by atoms with E-state index in [1.165, 1.54) is 0 Å². The molecule has 2 amide bonds. The van der Waals surface area contributed by atoms with Crippen molar-refractivity contribution in [3.63, 3.8) is 0 Å². The van der Waals surface area contributed by atoms with Gasteiger partial charge < -0.3 is 29.0 Å².